The van der Waals surface area contributed by atoms with Crippen LogP contribution in [0.5, 0.6) is 0 Å². The van der Waals surface area contributed by atoms with Crippen molar-refractivity contribution < 1.29 is 9.59 Å². The minimum Gasteiger partial charge on any atom is -0.335 e. The monoisotopic (exact) mass is 383 g/mol. The van der Waals surface area contributed by atoms with E-state index in [0.717, 1.165) is 18.9 Å². The second-order valence-electron chi connectivity index (χ2n) is 8.88. The van der Waals surface area contributed by atoms with Crippen molar-refractivity contribution in [2.75, 3.05) is 5.32 Å². The molecule has 3 aliphatic rings. The van der Waals surface area contributed by atoms with Gasteiger partial charge in [-0.05, 0) is 57.6 Å². The van der Waals surface area contributed by atoms with Crippen LogP contribution in [0.3, 0.4) is 0 Å². The van der Waals surface area contributed by atoms with E-state index in [0.29, 0.717) is 23.3 Å². The average Bonchev–Trinajstić information content (AvgIpc) is 2.68. The molecular formula is C23H33N3O2. The molecule has 4 rings (SSSR count). The van der Waals surface area contributed by atoms with Gasteiger partial charge in [0.15, 0.2) is 5.78 Å². The number of nitrogens with zero attached hydrogens (tertiary/aromatic N) is 1. The molecule has 0 aromatic heterocycles. The zero-order valence-electron chi connectivity index (χ0n) is 17.0. The quantitative estimate of drug-likeness (QED) is 0.739. The highest BCUT2D eigenvalue weighted by molar-refractivity contribution is 5.96. The normalized spacial score (nSPS) is 28.5. The third kappa shape index (κ3) is 4.40. The van der Waals surface area contributed by atoms with Gasteiger partial charge in [-0.1, -0.05) is 37.8 Å². The first-order chi connectivity index (χ1) is 13.6. The fraction of sp³-hybridized carbons (Fsp3) is 0.652. The Kier molecular flexibility index (Phi) is 6.00. The molecule has 2 amide bonds. The number of amides is 2. The number of carbonyl (C=O) groups excluding carboxylic acids is 2. The molecule has 0 spiro atoms. The summed E-state index contributed by atoms with van der Waals surface area (Å²) in [4.78, 5) is 26.9. The number of benzene rings is 1. The number of anilines is 1. The smallest absolute Gasteiger partial charge is 0.319 e. The molecular weight excluding hydrogens is 350 g/mol. The third-order valence-corrected chi connectivity index (χ3v) is 6.89. The highest BCUT2D eigenvalue weighted by Gasteiger charge is 2.42. The molecule has 0 radical (unpaired) electrons. The van der Waals surface area contributed by atoms with Crippen LogP contribution in [0.2, 0.25) is 0 Å². The topological polar surface area (TPSA) is 61.4 Å². The summed E-state index contributed by atoms with van der Waals surface area (Å²) in [7, 11) is 0. The van der Waals surface area contributed by atoms with Crippen LogP contribution >= 0.6 is 0 Å². The Balaban J connectivity index is 1.35. The number of hydrogen-bond acceptors (Lipinski definition) is 3. The van der Waals surface area contributed by atoms with E-state index in [2.05, 4.69) is 15.5 Å². The van der Waals surface area contributed by atoms with Crippen molar-refractivity contribution in [3.63, 3.8) is 0 Å². The number of ketones is 1. The van der Waals surface area contributed by atoms with Crippen LogP contribution in [0.4, 0.5) is 10.5 Å². The molecule has 3 atom stereocenters. The molecule has 2 aliphatic heterocycles. The van der Waals surface area contributed by atoms with Gasteiger partial charge >= 0.3 is 6.03 Å². The molecule has 1 aromatic carbocycles. The fourth-order valence-electron chi connectivity index (χ4n) is 5.68. The molecule has 1 saturated carbocycles. The molecule has 5 heteroatoms. The van der Waals surface area contributed by atoms with Gasteiger partial charge in [0.25, 0.3) is 0 Å². The molecule has 3 fully saturated rings. The van der Waals surface area contributed by atoms with E-state index in [9.17, 15) is 9.59 Å². The molecule has 1 aromatic rings. The van der Waals surface area contributed by atoms with E-state index in [-0.39, 0.29) is 17.9 Å². The summed E-state index contributed by atoms with van der Waals surface area (Å²) in [6, 6.07) is 9.25. The number of piperidine rings is 2. The van der Waals surface area contributed by atoms with Crippen LogP contribution in [-0.4, -0.2) is 40.9 Å². The van der Waals surface area contributed by atoms with Crippen molar-refractivity contribution in [3.05, 3.63) is 29.8 Å². The van der Waals surface area contributed by atoms with E-state index in [4.69, 9.17) is 0 Å². The van der Waals surface area contributed by atoms with Crippen molar-refractivity contribution in [2.45, 2.75) is 95.3 Å². The van der Waals surface area contributed by atoms with Crippen LogP contribution in [0.15, 0.2) is 24.3 Å². The third-order valence-electron chi connectivity index (χ3n) is 6.89. The van der Waals surface area contributed by atoms with Gasteiger partial charge in [0, 0.05) is 35.4 Å². The number of hydrogen-bond donors (Lipinski definition) is 2. The van der Waals surface area contributed by atoms with E-state index < -0.39 is 0 Å². The van der Waals surface area contributed by atoms with E-state index in [1.54, 1.807) is 18.2 Å². The largest absolute Gasteiger partial charge is 0.335 e. The van der Waals surface area contributed by atoms with Crippen molar-refractivity contribution in [3.8, 4) is 0 Å². The van der Waals surface area contributed by atoms with Crippen molar-refractivity contribution >= 4 is 17.5 Å². The predicted molar refractivity (Wildman–Crippen MR) is 112 cm³/mol. The van der Waals surface area contributed by atoms with Gasteiger partial charge in [-0.15, -0.1) is 0 Å². The van der Waals surface area contributed by atoms with E-state index >= 15 is 0 Å². The molecule has 1 unspecified atom stereocenters. The van der Waals surface area contributed by atoms with Gasteiger partial charge in [0.2, 0.25) is 0 Å². The number of urea groups is 1. The van der Waals surface area contributed by atoms with Crippen molar-refractivity contribution in [1.29, 1.82) is 0 Å². The lowest BCUT2D eigenvalue weighted by atomic mass is 9.78. The lowest BCUT2D eigenvalue weighted by Gasteiger charge is -2.53. The zero-order valence-corrected chi connectivity index (χ0v) is 17.0. The molecule has 2 bridgehead atoms. The number of fused-ring (bicyclic) bond motifs is 2. The zero-order chi connectivity index (χ0) is 19.5. The van der Waals surface area contributed by atoms with Crippen LogP contribution in [0, 0.1) is 0 Å². The van der Waals surface area contributed by atoms with Gasteiger partial charge in [0.05, 0.1) is 0 Å². The predicted octanol–water partition coefficient (Wildman–Crippen LogP) is 4.73. The molecule has 1 aliphatic carbocycles. The molecule has 152 valence electrons. The summed E-state index contributed by atoms with van der Waals surface area (Å²) in [5.41, 5.74) is 1.29. The Morgan fingerprint density at radius 1 is 0.929 bits per heavy atom. The first-order valence-corrected chi connectivity index (χ1v) is 11.1. The standard InChI is InChI=1S/C23H33N3O2/c1-16(27)17-7-5-8-18(13-17)24-23(28)25-19-14-21-11-6-12-22(15-19)26(21)20-9-3-2-4-10-20/h5,7-8,13,19-22H,2-4,6,9-12,14-15H2,1H3,(H2,24,25,28)/t19?,21-,22+. The number of Topliss-reactive ketones (excluding diaryl/α,β-unsaturated/α-hetero) is 1. The average molecular weight is 384 g/mol. The Morgan fingerprint density at radius 3 is 2.29 bits per heavy atom. The van der Waals surface area contributed by atoms with E-state index in [1.165, 1.54) is 58.3 Å². The Morgan fingerprint density at radius 2 is 1.61 bits per heavy atom. The molecule has 2 heterocycles. The summed E-state index contributed by atoms with van der Waals surface area (Å²) < 4.78 is 0. The lowest BCUT2D eigenvalue weighted by Crippen LogP contribution is -2.60. The maximum atomic E-state index is 12.5. The fourth-order valence-corrected chi connectivity index (χ4v) is 5.68. The summed E-state index contributed by atoms with van der Waals surface area (Å²) in [5, 5.41) is 6.12. The highest BCUT2D eigenvalue weighted by Crippen LogP contribution is 2.39. The second-order valence-corrected chi connectivity index (χ2v) is 8.88. The summed E-state index contributed by atoms with van der Waals surface area (Å²) in [6.45, 7) is 1.54. The SMILES string of the molecule is CC(=O)c1cccc(NC(=O)NC2C[C@H]3CCC[C@@H](C2)N3C2CCCCC2)c1. The first-order valence-electron chi connectivity index (χ1n) is 11.1. The van der Waals surface area contributed by atoms with E-state index in [1.807, 2.05) is 6.07 Å². The van der Waals surface area contributed by atoms with Gasteiger partial charge in [-0.2, -0.15) is 0 Å². The Hall–Kier alpha value is -1.88. The van der Waals surface area contributed by atoms with Gasteiger partial charge in [-0.25, -0.2) is 4.79 Å². The number of nitrogens with one attached hydrogen (secondary N) is 2. The van der Waals surface area contributed by atoms with Crippen molar-refractivity contribution in [1.82, 2.24) is 10.2 Å². The summed E-state index contributed by atoms with van der Waals surface area (Å²) >= 11 is 0. The molecule has 2 N–H and O–H groups in total. The number of carbonyl (C=O) groups is 2. The van der Waals surface area contributed by atoms with Crippen LogP contribution in [0.1, 0.15) is 81.5 Å². The van der Waals surface area contributed by atoms with Gasteiger partial charge < -0.3 is 10.6 Å². The lowest BCUT2D eigenvalue weighted by molar-refractivity contribution is -0.0202. The highest BCUT2D eigenvalue weighted by atomic mass is 16.2. The maximum Gasteiger partial charge on any atom is 0.319 e. The Bertz CT molecular complexity index is 700. The number of rotatable bonds is 4. The summed E-state index contributed by atoms with van der Waals surface area (Å²) in [6.07, 6.45) is 12.9. The molecule has 5 nitrogen and oxygen atoms in total. The van der Waals surface area contributed by atoms with Gasteiger partial charge in [0.1, 0.15) is 0 Å². The molecule has 2 saturated heterocycles. The van der Waals surface area contributed by atoms with Crippen molar-refractivity contribution in [2.24, 2.45) is 0 Å². The minimum atomic E-state index is -0.158. The van der Waals surface area contributed by atoms with Crippen LogP contribution in [-0.2, 0) is 0 Å². The maximum absolute atomic E-state index is 12.5. The Labute approximate surface area is 168 Å². The molecule has 28 heavy (non-hydrogen) atoms. The van der Waals surface area contributed by atoms with Gasteiger partial charge in [-0.3, -0.25) is 9.69 Å². The van der Waals surface area contributed by atoms with Crippen LogP contribution < -0.4 is 10.6 Å². The minimum absolute atomic E-state index is 0.00645. The van der Waals surface area contributed by atoms with Crippen LogP contribution in [0.25, 0.3) is 0 Å². The first kappa shape index (κ1) is 19.4. The second kappa shape index (κ2) is 8.64. The summed E-state index contributed by atoms with van der Waals surface area (Å²) in [5.74, 6) is 0.00645.